The van der Waals surface area contributed by atoms with Gasteiger partial charge in [0.1, 0.15) is 0 Å². The van der Waals surface area contributed by atoms with E-state index in [0.717, 1.165) is 45.1 Å². The van der Waals surface area contributed by atoms with Gasteiger partial charge in [-0.2, -0.15) is 0 Å². The fraction of sp³-hybridized carbons (Fsp3) is 0.857. The van der Waals surface area contributed by atoms with Gasteiger partial charge in [0.05, 0.1) is 18.0 Å². The molecule has 2 fully saturated rings. The zero-order chi connectivity index (χ0) is 13.9. The summed E-state index contributed by atoms with van der Waals surface area (Å²) in [4.78, 5) is 23.4. The van der Waals surface area contributed by atoms with Crippen molar-refractivity contribution in [3.63, 3.8) is 0 Å². The van der Waals surface area contributed by atoms with E-state index in [1.807, 2.05) is 0 Å². The average Bonchev–Trinajstić information content (AvgIpc) is 2.75. The quantitative estimate of drug-likeness (QED) is 0.717. The van der Waals surface area contributed by atoms with E-state index >= 15 is 0 Å². The Kier molecular flexibility index (Phi) is 4.45. The second-order valence-electron chi connectivity index (χ2n) is 6.10. The van der Waals surface area contributed by atoms with Crippen LogP contribution in [0.1, 0.15) is 51.9 Å². The first-order valence-corrected chi connectivity index (χ1v) is 7.30. The number of carbonyl (C=O) groups is 2. The van der Waals surface area contributed by atoms with Crippen LogP contribution in [0.15, 0.2) is 0 Å². The summed E-state index contributed by atoms with van der Waals surface area (Å²) in [6, 6.07) is -0.160. The number of amides is 1. The third-order valence-electron chi connectivity index (χ3n) is 4.50. The SMILES string of the molecule is CC1CCNC1C(=O)NC1(CC(=O)O)CCCCC1. The van der Waals surface area contributed by atoms with Gasteiger partial charge in [-0.3, -0.25) is 9.59 Å². The van der Waals surface area contributed by atoms with Gasteiger partial charge in [-0.25, -0.2) is 0 Å². The van der Waals surface area contributed by atoms with Crippen molar-refractivity contribution in [3.8, 4) is 0 Å². The van der Waals surface area contributed by atoms with Gasteiger partial charge < -0.3 is 15.7 Å². The van der Waals surface area contributed by atoms with Gasteiger partial charge in [0.15, 0.2) is 0 Å². The Morgan fingerprint density at radius 2 is 2.00 bits per heavy atom. The molecule has 0 aromatic heterocycles. The second-order valence-corrected chi connectivity index (χ2v) is 6.10. The summed E-state index contributed by atoms with van der Waals surface area (Å²) in [5, 5.41) is 15.4. The van der Waals surface area contributed by atoms with E-state index in [4.69, 9.17) is 5.11 Å². The smallest absolute Gasteiger partial charge is 0.305 e. The maximum Gasteiger partial charge on any atom is 0.305 e. The maximum absolute atomic E-state index is 12.3. The van der Waals surface area contributed by atoms with E-state index in [2.05, 4.69) is 17.6 Å². The molecule has 3 N–H and O–H groups in total. The number of carbonyl (C=O) groups excluding carboxylic acids is 1. The number of nitrogens with one attached hydrogen (secondary N) is 2. The first kappa shape index (κ1) is 14.3. The Morgan fingerprint density at radius 1 is 1.32 bits per heavy atom. The molecule has 1 aliphatic heterocycles. The highest BCUT2D eigenvalue weighted by molar-refractivity contribution is 5.84. The van der Waals surface area contributed by atoms with Gasteiger partial charge in [0.2, 0.25) is 5.91 Å². The highest BCUT2D eigenvalue weighted by Gasteiger charge is 2.39. The van der Waals surface area contributed by atoms with Gasteiger partial charge in [0, 0.05) is 0 Å². The van der Waals surface area contributed by atoms with Crippen LogP contribution in [0.4, 0.5) is 0 Å². The minimum Gasteiger partial charge on any atom is -0.481 e. The zero-order valence-corrected chi connectivity index (χ0v) is 11.6. The van der Waals surface area contributed by atoms with E-state index in [9.17, 15) is 9.59 Å². The van der Waals surface area contributed by atoms with Crippen LogP contribution in [-0.4, -0.2) is 35.1 Å². The van der Waals surface area contributed by atoms with Crippen molar-refractivity contribution in [2.24, 2.45) is 5.92 Å². The van der Waals surface area contributed by atoms with Crippen molar-refractivity contribution in [2.45, 2.75) is 63.5 Å². The molecule has 1 amide bonds. The fourth-order valence-corrected chi connectivity index (χ4v) is 3.39. The summed E-state index contributed by atoms with van der Waals surface area (Å²) in [6.07, 6.45) is 5.75. The molecule has 5 heteroatoms. The Balaban J connectivity index is 2.02. The molecule has 0 radical (unpaired) electrons. The first-order valence-electron chi connectivity index (χ1n) is 7.30. The molecule has 0 spiro atoms. The summed E-state index contributed by atoms with van der Waals surface area (Å²) in [5.74, 6) is -0.520. The normalized spacial score (nSPS) is 29.9. The van der Waals surface area contributed by atoms with Gasteiger partial charge in [-0.15, -0.1) is 0 Å². The predicted molar refractivity (Wildman–Crippen MR) is 71.8 cm³/mol. The first-order chi connectivity index (χ1) is 9.02. The molecule has 1 saturated carbocycles. The lowest BCUT2D eigenvalue weighted by Crippen LogP contribution is -2.56. The summed E-state index contributed by atoms with van der Waals surface area (Å²) in [6.45, 7) is 2.93. The van der Waals surface area contributed by atoms with E-state index in [1.54, 1.807) is 0 Å². The molecule has 19 heavy (non-hydrogen) atoms. The molecule has 2 rings (SSSR count). The van der Waals surface area contributed by atoms with E-state index in [0.29, 0.717) is 5.92 Å². The molecule has 2 atom stereocenters. The minimum atomic E-state index is -0.824. The van der Waals surface area contributed by atoms with Gasteiger partial charge in [-0.1, -0.05) is 26.2 Å². The van der Waals surface area contributed by atoms with E-state index < -0.39 is 11.5 Å². The standard InChI is InChI=1S/C14H24N2O3/c1-10-5-8-15-12(10)13(19)16-14(9-11(17)18)6-3-2-4-7-14/h10,12,15H,2-9H2,1H3,(H,16,19)(H,17,18). The molecular formula is C14H24N2O3. The molecule has 1 aliphatic carbocycles. The molecule has 5 nitrogen and oxygen atoms in total. The lowest BCUT2D eigenvalue weighted by atomic mass is 9.79. The Labute approximate surface area is 114 Å². The van der Waals surface area contributed by atoms with Crippen LogP contribution in [0, 0.1) is 5.92 Å². The van der Waals surface area contributed by atoms with Crippen LogP contribution in [0.2, 0.25) is 0 Å². The lowest BCUT2D eigenvalue weighted by molar-refractivity contribution is -0.139. The molecule has 1 saturated heterocycles. The molecule has 0 aromatic carbocycles. The number of aliphatic carboxylic acids is 1. The second kappa shape index (κ2) is 5.90. The molecular weight excluding hydrogens is 244 g/mol. The summed E-state index contributed by atoms with van der Waals surface area (Å²) >= 11 is 0. The van der Waals surface area contributed by atoms with Crippen LogP contribution in [0.5, 0.6) is 0 Å². The topological polar surface area (TPSA) is 78.4 Å². The molecule has 0 aromatic rings. The van der Waals surface area contributed by atoms with E-state index in [1.165, 1.54) is 0 Å². The third-order valence-corrected chi connectivity index (χ3v) is 4.50. The Bertz CT molecular complexity index is 351. The monoisotopic (exact) mass is 268 g/mol. The largest absolute Gasteiger partial charge is 0.481 e. The molecule has 0 bridgehead atoms. The highest BCUT2D eigenvalue weighted by Crippen LogP contribution is 2.31. The van der Waals surface area contributed by atoms with Crippen LogP contribution < -0.4 is 10.6 Å². The molecule has 108 valence electrons. The van der Waals surface area contributed by atoms with Crippen molar-refractivity contribution in [2.75, 3.05) is 6.54 Å². The lowest BCUT2D eigenvalue weighted by Gasteiger charge is -2.38. The van der Waals surface area contributed by atoms with Gasteiger partial charge in [0.25, 0.3) is 0 Å². The highest BCUT2D eigenvalue weighted by atomic mass is 16.4. The molecule has 1 heterocycles. The summed E-state index contributed by atoms with van der Waals surface area (Å²) in [7, 11) is 0. The third kappa shape index (κ3) is 3.47. The number of hydrogen-bond acceptors (Lipinski definition) is 3. The van der Waals surface area contributed by atoms with Crippen molar-refractivity contribution in [1.29, 1.82) is 0 Å². The minimum absolute atomic E-state index is 0.0202. The molecule has 2 unspecified atom stereocenters. The van der Waals surface area contributed by atoms with Crippen molar-refractivity contribution >= 4 is 11.9 Å². The zero-order valence-electron chi connectivity index (χ0n) is 11.6. The van der Waals surface area contributed by atoms with Crippen molar-refractivity contribution < 1.29 is 14.7 Å². The van der Waals surface area contributed by atoms with E-state index in [-0.39, 0.29) is 18.4 Å². The van der Waals surface area contributed by atoms with Gasteiger partial charge >= 0.3 is 5.97 Å². The average molecular weight is 268 g/mol. The van der Waals surface area contributed by atoms with Crippen LogP contribution in [0.25, 0.3) is 0 Å². The number of hydrogen-bond donors (Lipinski definition) is 3. The van der Waals surface area contributed by atoms with Crippen LogP contribution >= 0.6 is 0 Å². The number of carboxylic acids is 1. The Morgan fingerprint density at radius 3 is 2.53 bits per heavy atom. The van der Waals surface area contributed by atoms with Crippen LogP contribution in [-0.2, 0) is 9.59 Å². The number of rotatable bonds is 4. The van der Waals surface area contributed by atoms with Crippen molar-refractivity contribution in [1.82, 2.24) is 10.6 Å². The van der Waals surface area contributed by atoms with Crippen LogP contribution in [0.3, 0.4) is 0 Å². The summed E-state index contributed by atoms with van der Waals surface area (Å²) in [5.41, 5.74) is -0.523. The Hall–Kier alpha value is -1.10. The predicted octanol–water partition coefficient (Wildman–Crippen LogP) is 1.28. The number of carboxylic acid groups (broad SMARTS) is 1. The fourth-order valence-electron chi connectivity index (χ4n) is 3.39. The summed E-state index contributed by atoms with van der Waals surface area (Å²) < 4.78 is 0. The molecule has 2 aliphatic rings. The maximum atomic E-state index is 12.3. The van der Waals surface area contributed by atoms with Gasteiger partial charge in [-0.05, 0) is 31.7 Å². The van der Waals surface area contributed by atoms with Crippen molar-refractivity contribution in [3.05, 3.63) is 0 Å².